The standard InChI is InChI=1S/C16H16N4S/c1-21-16(13(10-19)11-20)15-7-5-3-2-4-6-14(15)12(8-17)9-18/h15H,2-7H2,1H3/t15-/m0/s1. The van der Waals surface area contributed by atoms with Gasteiger partial charge in [0, 0.05) is 10.8 Å². The van der Waals surface area contributed by atoms with Crippen LogP contribution in [0.1, 0.15) is 38.5 Å². The minimum Gasteiger partial charge on any atom is -0.192 e. The molecule has 4 nitrogen and oxygen atoms in total. The van der Waals surface area contributed by atoms with Crippen molar-refractivity contribution >= 4 is 11.8 Å². The summed E-state index contributed by atoms with van der Waals surface area (Å²) in [6, 6.07) is 7.83. The van der Waals surface area contributed by atoms with Crippen LogP contribution in [0.5, 0.6) is 0 Å². The Bertz CT molecular complexity index is 585. The number of nitrogens with zero attached hydrogens (tertiary/aromatic N) is 4. The van der Waals surface area contributed by atoms with Crippen LogP contribution in [0.25, 0.3) is 0 Å². The lowest BCUT2D eigenvalue weighted by Crippen LogP contribution is -2.12. The molecule has 5 heteroatoms. The van der Waals surface area contributed by atoms with E-state index in [0.717, 1.165) is 37.7 Å². The molecule has 0 spiro atoms. The fourth-order valence-electron chi connectivity index (χ4n) is 2.68. The van der Waals surface area contributed by atoms with Gasteiger partial charge in [0.25, 0.3) is 0 Å². The lowest BCUT2D eigenvalue weighted by molar-refractivity contribution is 0.508. The molecule has 1 rings (SSSR count). The van der Waals surface area contributed by atoms with Gasteiger partial charge >= 0.3 is 0 Å². The summed E-state index contributed by atoms with van der Waals surface area (Å²) in [7, 11) is 0. The van der Waals surface area contributed by atoms with Crippen molar-refractivity contribution in [2.75, 3.05) is 6.26 Å². The Morgan fingerprint density at radius 1 is 0.952 bits per heavy atom. The maximum Gasteiger partial charge on any atom is 0.139 e. The molecule has 0 radical (unpaired) electrons. The number of hydrogen-bond acceptors (Lipinski definition) is 5. The number of rotatable bonds is 2. The Labute approximate surface area is 130 Å². The molecule has 0 aromatic heterocycles. The Morgan fingerprint density at radius 3 is 2.10 bits per heavy atom. The van der Waals surface area contributed by atoms with Gasteiger partial charge in [0.2, 0.25) is 0 Å². The molecule has 21 heavy (non-hydrogen) atoms. The molecule has 0 N–H and O–H groups in total. The number of nitriles is 4. The summed E-state index contributed by atoms with van der Waals surface area (Å²) in [5.74, 6) is -0.149. The normalized spacial score (nSPS) is 18.0. The highest BCUT2D eigenvalue weighted by Gasteiger charge is 2.26. The van der Waals surface area contributed by atoms with Gasteiger partial charge in [0.05, 0.1) is 0 Å². The van der Waals surface area contributed by atoms with E-state index in [4.69, 9.17) is 10.5 Å². The van der Waals surface area contributed by atoms with E-state index in [1.54, 1.807) is 0 Å². The molecule has 0 aliphatic heterocycles. The van der Waals surface area contributed by atoms with Crippen LogP contribution in [-0.2, 0) is 0 Å². The van der Waals surface area contributed by atoms with Gasteiger partial charge in [-0.1, -0.05) is 19.3 Å². The van der Waals surface area contributed by atoms with Crippen LogP contribution in [0.3, 0.4) is 0 Å². The zero-order valence-corrected chi connectivity index (χ0v) is 12.8. The summed E-state index contributed by atoms with van der Waals surface area (Å²) in [5, 5.41) is 36.6. The summed E-state index contributed by atoms with van der Waals surface area (Å²) in [5.41, 5.74) is 1.04. The van der Waals surface area contributed by atoms with Crippen LogP contribution < -0.4 is 0 Å². The second-order valence-electron chi connectivity index (χ2n) is 4.80. The first-order chi connectivity index (χ1) is 10.2. The van der Waals surface area contributed by atoms with Crippen molar-refractivity contribution in [1.29, 1.82) is 21.0 Å². The molecule has 1 saturated carbocycles. The summed E-state index contributed by atoms with van der Waals surface area (Å²) in [6.45, 7) is 0. The molecular weight excluding hydrogens is 280 g/mol. The number of thioether (sulfide) groups is 1. The molecule has 1 atom stereocenters. The first-order valence-corrected chi connectivity index (χ1v) is 8.07. The average Bonchev–Trinajstić information content (AvgIpc) is 2.49. The average molecular weight is 296 g/mol. The molecule has 0 bridgehead atoms. The maximum atomic E-state index is 9.18. The predicted molar refractivity (Wildman–Crippen MR) is 81.2 cm³/mol. The highest BCUT2D eigenvalue weighted by molar-refractivity contribution is 8.02. The van der Waals surface area contributed by atoms with Gasteiger partial charge in [0.1, 0.15) is 35.4 Å². The molecule has 0 heterocycles. The van der Waals surface area contributed by atoms with E-state index in [1.165, 1.54) is 11.8 Å². The van der Waals surface area contributed by atoms with Crippen LogP contribution in [-0.4, -0.2) is 6.26 Å². The first-order valence-electron chi connectivity index (χ1n) is 6.85. The quantitative estimate of drug-likeness (QED) is 0.718. The van der Waals surface area contributed by atoms with E-state index in [1.807, 2.05) is 30.5 Å². The highest BCUT2D eigenvalue weighted by atomic mass is 32.2. The van der Waals surface area contributed by atoms with Crippen molar-refractivity contribution in [3.63, 3.8) is 0 Å². The molecular formula is C16H16N4S. The minimum atomic E-state index is -0.149. The first kappa shape index (κ1) is 16.8. The van der Waals surface area contributed by atoms with Gasteiger partial charge < -0.3 is 0 Å². The Balaban J connectivity index is 3.44. The van der Waals surface area contributed by atoms with Crippen molar-refractivity contribution in [3.8, 4) is 24.3 Å². The second kappa shape index (κ2) is 8.86. The van der Waals surface area contributed by atoms with E-state index in [0.29, 0.717) is 11.3 Å². The number of allylic oxidation sites excluding steroid dienone is 4. The lowest BCUT2D eigenvalue weighted by atomic mass is 9.83. The van der Waals surface area contributed by atoms with E-state index in [9.17, 15) is 10.5 Å². The van der Waals surface area contributed by atoms with Gasteiger partial charge in [-0.15, -0.1) is 11.8 Å². The molecule has 106 valence electrons. The van der Waals surface area contributed by atoms with Gasteiger partial charge in [-0.05, 0) is 31.1 Å². The third-order valence-electron chi connectivity index (χ3n) is 3.66. The Hall–Kier alpha value is -2.21. The van der Waals surface area contributed by atoms with Crippen LogP contribution in [0, 0.1) is 51.2 Å². The third-order valence-corrected chi connectivity index (χ3v) is 4.59. The van der Waals surface area contributed by atoms with E-state index >= 15 is 0 Å². The molecule has 0 unspecified atom stereocenters. The van der Waals surface area contributed by atoms with E-state index in [2.05, 4.69) is 0 Å². The topological polar surface area (TPSA) is 95.2 Å². The molecule has 0 amide bonds. The zero-order chi connectivity index (χ0) is 15.7. The smallest absolute Gasteiger partial charge is 0.139 e. The largest absolute Gasteiger partial charge is 0.192 e. The van der Waals surface area contributed by atoms with Crippen molar-refractivity contribution < 1.29 is 0 Å². The predicted octanol–water partition coefficient (Wildman–Crippen LogP) is 3.96. The molecule has 1 aliphatic rings. The van der Waals surface area contributed by atoms with Crippen molar-refractivity contribution in [2.24, 2.45) is 5.92 Å². The van der Waals surface area contributed by atoms with Gasteiger partial charge in [-0.2, -0.15) is 21.0 Å². The van der Waals surface area contributed by atoms with Crippen LogP contribution in [0.2, 0.25) is 0 Å². The Kier molecular flexibility index (Phi) is 7.11. The summed E-state index contributed by atoms with van der Waals surface area (Å²) in [4.78, 5) is 0.694. The van der Waals surface area contributed by atoms with E-state index < -0.39 is 0 Å². The lowest BCUT2D eigenvalue weighted by Gasteiger charge is -2.25. The highest BCUT2D eigenvalue weighted by Crippen LogP contribution is 2.39. The van der Waals surface area contributed by atoms with Gasteiger partial charge in [0.15, 0.2) is 0 Å². The zero-order valence-electron chi connectivity index (χ0n) is 12.0. The monoisotopic (exact) mass is 296 g/mol. The van der Waals surface area contributed by atoms with Gasteiger partial charge in [-0.3, -0.25) is 0 Å². The second-order valence-corrected chi connectivity index (χ2v) is 5.64. The van der Waals surface area contributed by atoms with Gasteiger partial charge in [-0.25, -0.2) is 0 Å². The Morgan fingerprint density at radius 2 is 1.57 bits per heavy atom. The molecule has 1 fully saturated rings. The molecule has 0 aromatic rings. The summed E-state index contributed by atoms with van der Waals surface area (Å²) < 4.78 is 0. The van der Waals surface area contributed by atoms with Crippen LogP contribution in [0.15, 0.2) is 21.6 Å². The molecule has 0 aromatic carbocycles. The summed E-state index contributed by atoms with van der Waals surface area (Å²) in [6.07, 6.45) is 7.41. The van der Waals surface area contributed by atoms with Crippen molar-refractivity contribution in [1.82, 2.24) is 0 Å². The van der Waals surface area contributed by atoms with Crippen molar-refractivity contribution in [2.45, 2.75) is 38.5 Å². The molecule has 1 aliphatic carbocycles. The van der Waals surface area contributed by atoms with E-state index in [-0.39, 0.29) is 17.1 Å². The third kappa shape index (κ3) is 4.13. The summed E-state index contributed by atoms with van der Waals surface area (Å²) >= 11 is 1.37. The SMILES string of the molecule is CSC(=C(C#N)C#N)[C@H]1CCCCCCC1=C(C#N)C#N. The fourth-order valence-corrected chi connectivity index (χ4v) is 3.52. The number of hydrogen-bond donors (Lipinski definition) is 0. The van der Waals surface area contributed by atoms with Crippen LogP contribution in [0.4, 0.5) is 0 Å². The van der Waals surface area contributed by atoms with Crippen LogP contribution >= 0.6 is 11.8 Å². The molecule has 0 saturated heterocycles. The van der Waals surface area contributed by atoms with Crippen molar-refractivity contribution in [3.05, 3.63) is 21.6 Å². The minimum absolute atomic E-state index is 0.0980. The fraction of sp³-hybridized carbons (Fsp3) is 0.500. The maximum absolute atomic E-state index is 9.18.